The van der Waals surface area contributed by atoms with Crippen molar-refractivity contribution in [1.82, 2.24) is 9.78 Å². The Labute approximate surface area is 147 Å². The van der Waals surface area contributed by atoms with Crippen molar-refractivity contribution in [3.8, 4) is 22.4 Å². The van der Waals surface area contributed by atoms with E-state index in [4.69, 9.17) is 5.10 Å². The summed E-state index contributed by atoms with van der Waals surface area (Å²) in [5.41, 5.74) is 5.39. The molecule has 0 radical (unpaired) electrons. The number of hydrogen-bond donors (Lipinski definition) is 1. The van der Waals surface area contributed by atoms with Crippen LogP contribution in [0.1, 0.15) is 0 Å². The summed E-state index contributed by atoms with van der Waals surface area (Å²) in [6, 6.07) is 30.9. The lowest BCUT2D eigenvalue weighted by molar-refractivity contribution is 0.780. The minimum Gasteiger partial charge on any atom is -0.340 e. The highest BCUT2D eigenvalue weighted by Crippen LogP contribution is 2.38. The first-order valence-electron chi connectivity index (χ1n) is 8.33. The Hall–Kier alpha value is -3.33. The van der Waals surface area contributed by atoms with Gasteiger partial charge in [0.15, 0.2) is 0 Å². The maximum Gasteiger partial charge on any atom is 0.136 e. The minimum atomic E-state index is 0.979. The van der Waals surface area contributed by atoms with Gasteiger partial charge in [-0.25, -0.2) is 0 Å². The lowest BCUT2D eigenvalue weighted by atomic mass is 10.0. The Morgan fingerprint density at radius 3 is 1.80 bits per heavy atom. The molecule has 122 valence electrons. The summed E-state index contributed by atoms with van der Waals surface area (Å²) >= 11 is 0. The number of aromatic nitrogens is 2. The lowest BCUT2D eigenvalue weighted by Gasteiger charge is -2.10. The van der Waals surface area contributed by atoms with Crippen LogP contribution in [0.5, 0.6) is 0 Å². The molecule has 3 aromatic carbocycles. The molecule has 25 heavy (non-hydrogen) atoms. The number of hydrogen-bond acceptors (Lipinski definition) is 2. The van der Waals surface area contributed by atoms with Crippen LogP contribution in [0.3, 0.4) is 0 Å². The highest BCUT2D eigenvalue weighted by atomic mass is 15.3. The molecule has 1 heterocycles. The van der Waals surface area contributed by atoms with Crippen LogP contribution in [0.25, 0.3) is 22.4 Å². The second kappa shape index (κ2) is 6.65. The predicted octanol–water partition coefficient (Wildman–Crippen LogP) is 5.50. The molecule has 0 fully saturated rings. The molecule has 0 aliphatic carbocycles. The molecular weight excluding hydrogens is 306 g/mol. The van der Waals surface area contributed by atoms with Crippen LogP contribution < -0.4 is 5.32 Å². The Bertz CT molecular complexity index is 958. The molecule has 0 atom stereocenters. The van der Waals surface area contributed by atoms with Crippen molar-refractivity contribution in [1.29, 1.82) is 0 Å². The van der Waals surface area contributed by atoms with E-state index in [1.165, 1.54) is 0 Å². The van der Waals surface area contributed by atoms with Crippen molar-refractivity contribution in [3.05, 3.63) is 91.0 Å². The van der Waals surface area contributed by atoms with Gasteiger partial charge in [-0.15, -0.1) is 0 Å². The van der Waals surface area contributed by atoms with Crippen LogP contribution in [0, 0.1) is 0 Å². The van der Waals surface area contributed by atoms with Crippen LogP contribution in [0.4, 0.5) is 11.5 Å². The SMILES string of the molecule is Cn1nc(-c2ccccc2)c(-c2ccccc2)c1Nc1ccccc1. The van der Waals surface area contributed by atoms with E-state index < -0.39 is 0 Å². The number of benzene rings is 3. The van der Waals surface area contributed by atoms with Gasteiger partial charge < -0.3 is 5.32 Å². The minimum absolute atomic E-state index is 0.979. The second-order valence-corrected chi connectivity index (χ2v) is 5.92. The average Bonchev–Trinajstić information content (AvgIpc) is 3.00. The fourth-order valence-corrected chi connectivity index (χ4v) is 3.00. The molecule has 0 amide bonds. The number of anilines is 2. The van der Waals surface area contributed by atoms with E-state index in [1.54, 1.807) is 0 Å². The van der Waals surface area contributed by atoms with E-state index in [2.05, 4.69) is 53.8 Å². The van der Waals surface area contributed by atoms with Gasteiger partial charge in [0.1, 0.15) is 11.5 Å². The molecule has 0 aliphatic rings. The monoisotopic (exact) mass is 325 g/mol. The molecule has 1 aromatic heterocycles. The van der Waals surface area contributed by atoms with Crippen molar-refractivity contribution in [2.45, 2.75) is 0 Å². The molecule has 0 aliphatic heterocycles. The lowest BCUT2D eigenvalue weighted by Crippen LogP contribution is -2.00. The van der Waals surface area contributed by atoms with Gasteiger partial charge in [-0.05, 0) is 17.7 Å². The highest BCUT2D eigenvalue weighted by Gasteiger charge is 2.19. The first-order chi connectivity index (χ1) is 12.3. The number of aryl methyl sites for hydroxylation is 1. The third-order valence-electron chi connectivity index (χ3n) is 4.19. The molecule has 0 saturated carbocycles. The van der Waals surface area contributed by atoms with E-state index in [-0.39, 0.29) is 0 Å². The van der Waals surface area contributed by atoms with Crippen LogP contribution in [-0.2, 0) is 7.05 Å². The second-order valence-electron chi connectivity index (χ2n) is 5.92. The maximum atomic E-state index is 4.81. The van der Waals surface area contributed by atoms with Gasteiger partial charge in [-0.2, -0.15) is 5.10 Å². The van der Waals surface area contributed by atoms with Crippen molar-refractivity contribution in [2.24, 2.45) is 7.05 Å². The molecule has 3 heteroatoms. The molecule has 0 unspecified atom stereocenters. The van der Waals surface area contributed by atoms with Gasteiger partial charge >= 0.3 is 0 Å². The zero-order chi connectivity index (χ0) is 17.1. The van der Waals surface area contributed by atoms with Crippen LogP contribution in [-0.4, -0.2) is 9.78 Å². The molecule has 1 N–H and O–H groups in total. The maximum absolute atomic E-state index is 4.81. The highest BCUT2D eigenvalue weighted by molar-refractivity contribution is 5.90. The summed E-state index contributed by atoms with van der Waals surface area (Å²) in [5, 5.41) is 8.34. The Balaban J connectivity index is 1.90. The topological polar surface area (TPSA) is 29.9 Å². The fourth-order valence-electron chi connectivity index (χ4n) is 3.00. The standard InChI is InChI=1S/C22H19N3/c1-25-22(23-19-15-9-4-10-16-19)20(17-11-5-2-6-12-17)21(24-25)18-13-7-3-8-14-18/h2-16,23H,1H3. The van der Waals surface area contributed by atoms with Crippen molar-refractivity contribution < 1.29 is 0 Å². The van der Waals surface area contributed by atoms with Gasteiger partial charge in [0.05, 0.1) is 5.56 Å². The number of nitrogens with zero attached hydrogens (tertiary/aromatic N) is 2. The van der Waals surface area contributed by atoms with Gasteiger partial charge in [0, 0.05) is 18.3 Å². The third-order valence-corrected chi connectivity index (χ3v) is 4.19. The first-order valence-corrected chi connectivity index (χ1v) is 8.33. The summed E-state index contributed by atoms with van der Waals surface area (Å²) in [6.45, 7) is 0. The summed E-state index contributed by atoms with van der Waals surface area (Å²) in [6.07, 6.45) is 0. The molecule has 4 aromatic rings. The summed E-state index contributed by atoms with van der Waals surface area (Å²) < 4.78 is 1.91. The molecule has 0 saturated heterocycles. The average molecular weight is 325 g/mol. The largest absolute Gasteiger partial charge is 0.340 e. The van der Waals surface area contributed by atoms with Gasteiger partial charge in [0.2, 0.25) is 0 Å². The van der Waals surface area contributed by atoms with Crippen molar-refractivity contribution in [3.63, 3.8) is 0 Å². The Morgan fingerprint density at radius 2 is 1.20 bits per heavy atom. The summed E-state index contributed by atoms with van der Waals surface area (Å²) in [4.78, 5) is 0. The Morgan fingerprint density at radius 1 is 0.680 bits per heavy atom. The first kappa shape index (κ1) is 15.2. The number of rotatable bonds is 4. The van der Waals surface area contributed by atoms with E-state index in [0.717, 1.165) is 33.9 Å². The number of nitrogens with one attached hydrogen (secondary N) is 1. The van der Waals surface area contributed by atoms with Gasteiger partial charge in [-0.3, -0.25) is 4.68 Å². The molecule has 3 nitrogen and oxygen atoms in total. The van der Waals surface area contributed by atoms with Crippen LogP contribution in [0.15, 0.2) is 91.0 Å². The smallest absolute Gasteiger partial charge is 0.136 e. The van der Waals surface area contributed by atoms with E-state index in [0.29, 0.717) is 0 Å². The van der Waals surface area contributed by atoms with Gasteiger partial charge in [0.25, 0.3) is 0 Å². The predicted molar refractivity (Wildman–Crippen MR) is 104 cm³/mol. The molecule has 0 spiro atoms. The van der Waals surface area contributed by atoms with Crippen LogP contribution >= 0.6 is 0 Å². The van der Waals surface area contributed by atoms with Crippen molar-refractivity contribution in [2.75, 3.05) is 5.32 Å². The number of para-hydroxylation sites is 1. The summed E-state index contributed by atoms with van der Waals surface area (Å²) in [5.74, 6) is 0.983. The quantitative estimate of drug-likeness (QED) is 0.537. The molecule has 4 rings (SSSR count). The van der Waals surface area contributed by atoms with Gasteiger partial charge in [-0.1, -0.05) is 78.9 Å². The zero-order valence-corrected chi connectivity index (χ0v) is 14.1. The van der Waals surface area contributed by atoms with E-state index >= 15 is 0 Å². The van der Waals surface area contributed by atoms with Crippen molar-refractivity contribution >= 4 is 11.5 Å². The fraction of sp³-hybridized carbons (Fsp3) is 0.0455. The molecule has 0 bridgehead atoms. The summed E-state index contributed by atoms with van der Waals surface area (Å²) in [7, 11) is 1.98. The third kappa shape index (κ3) is 3.04. The van der Waals surface area contributed by atoms with Crippen LogP contribution in [0.2, 0.25) is 0 Å². The van der Waals surface area contributed by atoms with E-state index in [1.807, 2.05) is 54.2 Å². The normalized spacial score (nSPS) is 10.6. The molecular formula is C22H19N3. The Kier molecular flexibility index (Phi) is 4.05. The zero-order valence-electron chi connectivity index (χ0n) is 14.1. The van der Waals surface area contributed by atoms with E-state index in [9.17, 15) is 0 Å².